The number of nitrogens with one attached hydrogen (secondary N) is 1. The Morgan fingerprint density at radius 1 is 1.03 bits per heavy atom. The summed E-state index contributed by atoms with van der Waals surface area (Å²) < 4.78 is 44.5. The molecule has 0 unspecified atom stereocenters. The van der Waals surface area contributed by atoms with Crippen LogP contribution in [0.4, 0.5) is 10.1 Å². The van der Waals surface area contributed by atoms with Crippen molar-refractivity contribution in [1.29, 1.82) is 0 Å². The minimum atomic E-state index is -4.12. The molecule has 7 nitrogen and oxygen atoms in total. The fraction of sp³-hybridized carbons (Fsp3) is 0.231. The summed E-state index contributed by atoms with van der Waals surface area (Å²) in [6.07, 6.45) is 0.681. The van der Waals surface area contributed by atoms with E-state index in [2.05, 4.69) is 5.32 Å². The Hall–Kier alpha value is -3.72. The van der Waals surface area contributed by atoms with Gasteiger partial charge in [-0.15, -0.1) is 0 Å². The molecule has 3 rings (SSSR count). The van der Waals surface area contributed by atoms with Gasteiger partial charge in [-0.1, -0.05) is 25.1 Å². The van der Waals surface area contributed by atoms with Crippen LogP contribution >= 0.6 is 0 Å². The van der Waals surface area contributed by atoms with Gasteiger partial charge in [0.1, 0.15) is 16.5 Å². The minimum Gasteiger partial charge on any atom is -0.379 e. The molecule has 0 saturated carbocycles. The standard InChI is InChI=1S/C26H27FN2O5S/c1-4-18(2)29(26(31)21-8-6-9-22(27)16-21)17-20-7-5-10-24(15-20)34-35(32,33)25-13-11-23(12-14-25)28-19(3)30/h5-16,18H,4,17H2,1-3H3,(H,28,30)/t18-/m0/s1. The molecule has 0 saturated heterocycles. The van der Waals surface area contributed by atoms with Gasteiger partial charge in [-0.25, -0.2) is 4.39 Å². The summed E-state index contributed by atoms with van der Waals surface area (Å²) in [4.78, 5) is 25.8. The van der Waals surface area contributed by atoms with Gasteiger partial charge in [0.2, 0.25) is 5.91 Å². The minimum absolute atomic E-state index is 0.0699. The van der Waals surface area contributed by atoms with E-state index in [0.29, 0.717) is 17.7 Å². The Bertz CT molecular complexity index is 1310. The van der Waals surface area contributed by atoms with E-state index >= 15 is 0 Å². The molecule has 0 fully saturated rings. The lowest BCUT2D eigenvalue weighted by atomic mass is 10.1. The zero-order valence-corrected chi connectivity index (χ0v) is 20.5. The molecule has 1 atom stereocenters. The summed E-state index contributed by atoms with van der Waals surface area (Å²) in [5.74, 6) is -0.991. The van der Waals surface area contributed by atoms with Gasteiger partial charge in [0.15, 0.2) is 0 Å². The lowest BCUT2D eigenvalue weighted by molar-refractivity contribution is -0.114. The average Bonchev–Trinajstić information content (AvgIpc) is 2.81. The van der Waals surface area contributed by atoms with E-state index in [0.717, 1.165) is 0 Å². The van der Waals surface area contributed by atoms with E-state index in [1.165, 1.54) is 55.5 Å². The quantitative estimate of drug-likeness (QED) is 0.420. The van der Waals surface area contributed by atoms with E-state index in [1.807, 2.05) is 13.8 Å². The van der Waals surface area contributed by atoms with Crippen molar-refractivity contribution in [3.05, 3.63) is 89.7 Å². The molecule has 9 heteroatoms. The van der Waals surface area contributed by atoms with Crippen LogP contribution < -0.4 is 9.50 Å². The Balaban J connectivity index is 1.80. The molecule has 0 spiro atoms. The van der Waals surface area contributed by atoms with Gasteiger partial charge in [-0.05, 0) is 73.5 Å². The van der Waals surface area contributed by atoms with Crippen LogP contribution in [0, 0.1) is 5.82 Å². The van der Waals surface area contributed by atoms with Crippen molar-refractivity contribution < 1.29 is 26.6 Å². The normalized spacial score (nSPS) is 12.0. The van der Waals surface area contributed by atoms with Crippen LogP contribution in [-0.2, 0) is 21.5 Å². The molecule has 3 aromatic carbocycles. The molecule has 0 bridgehead atoms. The highest BCUT2D eigenvalue weighted by Gasteiger charge is 2.22. The highest BCUT2D eigenvalue weighted by Crippen LogP contribution is 2.23. The number of amides is 2. The molecule has 0 aliphatic heterocycles. The molecule has 0 aliphatic rings. The molecular formula is C26H27FN2O5S. The first-order valence-electron chi connectivity index (χ1n) is 11.1. The SMILES string of the molecule is CC[C@H](C)N(Cc1cccc(OS(=O)(=O)c2ccc(NC(C)=O)cc2)c1)C(=O)c1cccc(F)c1. The average molecular weight is 499 g/mol. The van der Waals surface area contributed by atoms with Gasteiger partial charge in [0.25, 0.3) is 5.91 Å². The van der Waals surface area contributed by atoms with Crippen molar-refractivity contribution in [3.63, 3.8) is 0 Å². The first-order chi connectivity index (χ1) is 16.6. The zero-order valence-electron chi connectivity index (χ0n) is 19.7. The fourth-order valence-electron chi connectivity index (χ4n) is 3.41. The maximum Gasteiger partial charge on any atom is 0.339 e. The summed E-state index contributed by atoms with van der Waals surface area (Å²) in [7, 11) is -4.12. The van der Waals surface area contributed by atoms with Crippen LogP contribution in [0.1, 0.15) is 43.1 Å². The maximum atomic E-state index is 13.7. The number of hydrogen-bond acceptors (Lipinski definition) is 5. The molecule has 0 aromatic heterocycles. The molecular weight excluding hydrogens is 471 g/mol. The number of benzene rings is 3. The number of carbonyl (C=O) groups is 2. The highest BCUT2D eigenvalue weighted by molar-refractivity contribution is 7.87. The Kier molecular flexibility index (Phi) is 8.24. The summed E-state index contributed by atoms with van der Waals surface area (Å²) in [5, 5.41) is 2.57. The Morgan fingerprint density at radius 3 is 2.34 bits per heavy atom. The van der Waals surface area contributed by atoms with Crippen molar-refractivity contribution in [1.82, 2.24) is 4.90 Å². The zero-order chi connectivity index (χ0) is 25.6. The van der Waals surface area contributed by atoms with E-state index in [1.54, 1.807) is 29.2 Å². The predicted molar refractivity (Wildman–Crippen MR) is 131 cm³/mol. The number of carbonyl (C=O) groups excluding carboxylic acids is 2. The van der Waals surface area contributed by atoms with Crippen LogP contribution in [0.15, 0.2) is 77.7 Å². The third-order valence-electron chi connectivity index (χ3n) is 5.38. The lowest BCUT2D eigenvalue weighted by Gasteiger charge is -2.29. The smallest absolute Gasteiger partial charge is 0.339 e. The van der Waals surface area contributed by atoms with E-state index in [-0.39, 0.29) is 40.6 Å². The summed E-state index contributed by atoms with van der Waals surface area (Å²) in [6.45, 7) is 5.38. The van der Waals surface area contributed by atoms with E-state index < -0.39 is 15.9 Å². The predicted octanol–water partition coefficient (Wildman–Crippen LogP) is 4.99. The van der Waals surface area contributed by atoms with Crippen molar-refractivity contribution >= 4 is 27.6 Å². The van der Waals surface area contributed by atoms with Crippen LogP contribution in [0.25, 0.3) is 0 Å². The number of anilines is 1. The summed E-state index contributed by atoms with van der Waals surface area (Å²) in [6, 6.07) is 17.5. The molecule has 2 amide bonds. The Morgan fingerprint density at radius 2 is 1.71 bits per heavy atom. The van der Waals surface area contributed by atoms with Crippen molar-refractivity contribution in [2.45, 2.75) is 44.7 Å². The summed E-state index contributed by atoms with van der Waals surface area (Å²) >= 11 is 0. The van der Waals surface area contributed by atoms with Crippen molar-refractivity contribution in [3.8, 4) is 5.75 Å². The number of rotatable bonds is 9. The molecule has 1 N–H and O–H groups in total. The van der Waals surface area contributed by atoms with E-state index in [4.69, 9.17) is 4.18 Å². The van der Waals surface area contributed by atoms with Crippen molar-refractivity contribution in [2.75, 3.05) is 5.32 Å². The second-order valence-electron chi connectivity index (χ2n) is 8.09. The van der Waals surface area contributed by atoms with Gasteiger partial charge in [-0.2, -0.15) is 8.42 Å². The molecule has 184 valence electrons. The molecule has 35 heavy (non-hydrogen) atoms. The van der Waals surface area contributed by atoms with Gasteiger partial charge in [0.05, 0.1) is 0 Å². The van der Waals surface area contributed by atoms with Crippen LogP contribution in [-0.4, -0.2) is 31.2 Å². The maximum absolute atomic E-state index is 13.7. The number of hydrogen-bond donors (Lipinski definition) is 1. The molecule has 0 radical (unpaired) electrons. The topological polar surface area (TPSA) is 92.8 Å². The van der Waals surface area contributed by atoms with E-state index in [9.17, 15) is 22.4 Å². The fourth-order valence-corrected chi connectivity index (χ4v) is 4.33. The van der Waals surface area contributed by atoms with Crippen LogP contribution in [0.2, 0.25) is 0 Å². The van der Waals surface area contributed by atoms with Crippen LogP contribution in [0.3, 0.4) is 0 Å². The van der Waals surface area contributed by atoms with Gasteiger partial charge in [-0.3, -0.25) is 9.59 Å². The summed E-state index contributed by atoms with van der Waals surface area (Å²) in [5.41, 5.74) is 1.36. The second kappa shape index (κ2) is 11.1. The van der Waals surface area contributed by atoms with Gasteiger partial charge in [0, 0.05) is 30.8 Å². The molecule has 0 heterocycles. The largest absolute Gasteiger partial charge is 0.379 e. The first kappa shape index (κ1) is 25.9. The van der Waals surface area contributed by atoms with Crippen LogP contribution in [0.5, 0.6) is 5.75 Å². The lowest BCUT2D eigenvalue weighted by Crippen LogP contribution is -2.37. The second-order valence-corrected chi connectivity index (χ2v) is 9.64. The molecule has 0 aliphatic carbocycles. The molecule has 3 aromatic rings. The first-order valence-corrected chi connectivity index (χ1v) is 12.5. The highest BCUT2D eigenvalue weighted by atomic mass is 32.2. The third-order valence-corrected chi connectivity index (χ3v) is 6.64. The number of nitrogens with zero attached hydrogens (tertiary/aromatic N) is 1. The van der Waals surface area contributed by atoms with Gasteiger partial charge >= 0.3 is 10.1 Å². The monoisotopic (exact) mass is 498 g/mol. The van der Waals surface area contributed by atoms with Gasteiger partial charge < -0.3 is 14.4 Å². The number of halogens is 1. The third kappa shape index (κ3) is 6.89. The van der Waals surface area contributed by atoms with Crippen molar-refractivity contribution in [2.24, 2.45) is 0 Å². The Labute approximate surface area is 204 Å².